The van der Waals surface area contributed by atoms with E-state index < -0.39 is 11.9 Å². The molecule has 0 aromatic heterocycles. The molecular formula is C21H23Cl3N2O3S. The Kier molecular flexibility index (Phi) is 9.62. The van der Waals surface area contributed by atoms with E-state index in [1.165, 1.54) is 0 Å². The fourth-order valence-electron chi connectivity index (χ4n) is 2.72. The molecule has 0 aliphatic heterocycles. The van der Waals surface area contributed by atoms with Gasteiger partial charge < -0.3 is 15.0 Å². The van der Waals surface area contributed by atoms with E-state index in [0.29, 0.717) is 21.6 Å². The van der Waals surface area contributed by atoms with Crippen LogP contribution in [0.25, 0.3) is 0 Å². The highest BCUT2D eigenvalue weighted by molar-refractivity contribution is 8.00. The monoisotopic (exact) mass is 488 g/mol. The summed E-state index contributed by atoms with van der Waals surface area (Å²) in [5, 5.41) is 3.56. The van der Waals surface area contributed by atoms with E-state index in [9.17, 15) is 9.59 Å². The molecular weight excluding hydrogens is 467 g/mol. The molecule has 2 rings (SSSR count). The van der Waals surface area contributed by atoms with Crippen LogP contribution in [0.2, 0.25) is 15.1 Å². The Morgan fingerprint density at radius 3 is 2.33 bits per heavy atom. The summed E-state index contributed by atoms with van der Waals surface area (Å²) < 4.78 is 5.02. The standard InChI is InChI=1S/C21H23Cl3N2O3S/c1-4-26(13(2)3)15-7-5-14(6-8-15)25-18(27)11-29-19(28)12-30-17-10-9-16(22)20(23)21(17)24/h5-10,13H,4,11-12H2,1-3H3,(H,25,27). The molecule has 0 aliphatic carbocycles. The lowest BCUT2D eigenvalue weighted by Gasteiger charge is -2.27. The van der Waals surface area contributed by atoms with Gasteiger partial charge in [-0.15, -0.1) is 11.8 Å². The Labute approximate surface area is 196 Å². The van der Waals surface area contributed by atoms with Gasteiger partial charge in [-0.2, -0.15) is 0 Å². The molecule has 0 fully saturated rings. The summed E-state index contributed by atoms with van der Waals surface area (Å²) >= 11 is 19.1. The molecule has 30 heavy (non-hydrogen) atoms. The van der Waals surface area contributed by atoms with Crippen molar-refractivity contribution >= 4 is 69.8 Å². The molecule has 9 heteroatoms. The first-order valence-corrected chi connectivity index (χ1v) is 11.4. The van der Waals surface area contributed by atoms with Gasteiger partial charge in [0, 0.05) is 28.9 Å². The quantitative estimate of drug-likeness (QED) is 0.260. The predicted molar refractivity (Wildman–Crippen MR) is 126 cm³/mol. The molecule has 0 saturated carbocycles. The van der Waals surface area contributed by atoms with Crippen molar-refractivity contribution in [1.29, 1.82) is 0 Å². The van der Waals surface area contributed by atoms with Crippen molar-refractivity contribution in [2.24, 2.45) is 0 Å². The van der Waals surface area contributed by atoms with Gasteiger partial charge >= 0.3 is 5.97 Å². The summed E-state index contributed by atoms with van der Waals surface area (Å²) in [5.74, 6) is -0.963. The molecule has 0 aliphatic rings. The minimum absolute atomic E-state index is 0.0122. The zero-order valence-corrected chi connectivity index (χ0v) is 20.0. The van der Waals surface area contributed by atoms with E-state index in [2.05, 4.69) is 31.0 Å². The summed E-state index contributed by atoms with van der Waals surface area (Å²) in [4.78, 5) is 26.8. The van der Waals surface area contributed by atoms with Gasteiger partial charge in [0.1, 0.15) is 0 Å². The van der Waals surface area contributed by atoms with Crippen LogP contribution >= 0.6 is 46.6 Å². The van der Waals surface area contributed by atoms with Crippen LogP contribution < -0.4 is 10.2 Å². The fourth-order valence-corrected chi connectivity index (χ4v) is 4.23. The van der Waals surface area contributed by atoms with E-state index in [4.69, 9.17) is 39.5 Å². The van der Waals surface area contributed by atoms with E-state index in [-0.39, 0.29) is 22.4 Å². The Hall–Kier alpha value is -1.60. The number of nitrogens with one attached hydrogen (secondary N) is 1. The number of thioether (sulfide) groups is 1. The Morgan fingerprint density at radius 2 is 1.73 bits per heavy atom. The third-order valence-electron chi connectivity index (χ3n) is 4.16. The molecule has 0 heterocycles. The van der Waals surface area contributed by atoms with Gasteiger partial charge in [0.2, 0.25) is 0 Å². The number of amides is 1. The van der Waals surface area contributed by atoms with Crippen LogP contribution in [0.5, 0.6) is 0 Å². The average molecular weight is 490 g/mol. The maximum atomic E-state index is 12.1. The average Bonchev–Trinajstić information content (AvgIpc) is 2.71. The Balaban J connectivity index is 1.80. The summed E-state index contributed by atoms with van der Waals surface area (Å²) in [5.41, 5.74) is 1.71. The third-order valence-corrected chi connectivity index (χ3v) is 6.59. The van der Waals surface area contributed by atoms with E-state index in [0.717, 1.165) is 24.0 Å². The molecule has 0 unspecified atom stereocenters. The number of hydrogen-bond acceptors (Lipinski definition) is 5. The number of hydrogen-bond donors (Lipinski definition) is 1. The molecule has 5 nitrogen and oxygen atoms in total. The fraction of sp³-hybridized carbons (Fsp3) is 0.333. The van der Waals surface area contributed by atoms with E-state index in [1.54, 1.807) is 12.1 Å². The second kappa shape index (κ2) is 11.7. The molecule has 0 saturated heterocycles. The highest BCUT2D eigenvalue weighted by atomic mass is 35.5. The van der Waals surface area contributed by atoms with Crippen LogP contribution in [-0.4, -0.2) is 36.8 Å². The molecule has 0 atom stereocenters. The zero-order chi connectivity index (χ0) is 22.3. The van der Waals surface area contributed by atoms with Gasteiger partial charge in [-0.1, -0.05) is 34.8 Å². The van der Waals surface area contributed by atoms with Crippen molar-refractivity contribution in [1.82, 2.24) is 0 Å². The van der Waals surface area contributed by atoms with Crippen molar-refractivity contribution in [3.8, 4) is 0 Å². The lowest BCUT2D eigenvalue weighted by atomic mass is 10.2. The molecule has 0 bridgehead atoms. The number of ether oxygens (including phenoxy) is 1. The second-order valence-electron chi connectivity index (χ2n) is 6.60. The van der Waals surface area contributed by atoms with Crippen molar-refractivity contribution in [2.45, 2.75) is 31.7 Å². The Bertz CT molecular complexity index is 892. The van der Waals surface area contributed by atoms with Crippen LogP contribution in [0, 0.1) is 0 Å². The number of halogens is 3. The highest BCUT2D eigenvalue weighted by Gasteiger charge is 2.13. The number of carbonyl (C=O) groups is 2. The number of carbonyl (C=O) groups excluding carboxylic acids is 2. The van der Waals surface area contributed by atoms with Crippen molar-refractivity contribution in [3.63, 3.8) is 0 Å². The molecule has 2 aromatic carbocycles. The highest BCUT2D eigenvalue weighted by Crippen LogP contribution is 2.37. The summed E-state index contributed by atoms with van der Waals surface area (Å²) in [6, 6.07) is 11.2. The van der Waals surface area contributed by atoms with Gasteiger partial charge in [-0.25, -0.2) is 0 Å². The van der Waals surface area contributed by atoms with Crippen LogP contribution in [0.3, 0.4) is 0 Å². The molecule has 1 amide bonds. The number of anilines is 2. The minimum Gasteiger partial charge on any atom is -0.455 e. The normalized spacial score (nSPS) is 10.8. The van der Waals surface area contributed by atoms with Gasteiger partial charge in [-0.05, 0) is 57.2 Å². The van der Waals surface area contributed by atoms with Gasteiger partial charge in [0.15, 0.2) is 6.61 Å². The van der Waals surface area contributed by atoms with Gasteiger partial charge in [0.25, 0.3) is 5.91 Å². The summed E-state index contributed by atoms with van der Waals surface area (Å²) in [7, 11) is 0. The maximum absolute atomic E-state index is 12.1. The van der Waals surface area contributed by atoms with Gasteiger partial charge in [0.05, 0.1) is 20.8 Å². The topological polar surface area (TPSA) is 58.6 Å². The second-order valence-corrected chi connectivity index (χ2v) is 8.78. The molecule has 1 N–H and O–H groups in total. The van der Waals surface area contributed by atoms with E-state index in [1.807, 2.05) is 24.3 Å². The molecule has 0 radical (unpaired) electrons. The van der Waals surface area contributed by atoms with Crippen molar-refractivity contribution in [3.05, 3.63) is 51.5 Å². The van der Waals surface area contributed by atoms with E-state index >= 15 is 0 Å². The molecule has 162 valence electrons. The first-order chi connectivity index (χ1) is 14.2. The maximum Gasteiger partial charge on any atom is 0.316 e. The summed E-state index contributed by atoms with van der Waals surface area (Å²) in [6.07, 6.45) is 0. The minimum atomic E-state index is -0.539. The first kappa shape index (κ1) is 24.7. The SMILES string of the molecule is CCN(c1ccc(NC(=O)COC(=O)CSc2ccc(Cl)c(Cl)c2Cl)cc1)C(C)C. The number of nitrogens with zero attached hydrogens (tertiary/aromatic N) is 1. The van der Waals surface area contributed by atoms with Crippen LogP contribution in [0.15, 0.2) is 41.3 Å². The van der Waals surface area contributed by atoms with Crippen LogP contribution in [-0.2, 0) is 14.3 Å². The lowest BCUT2D eigenvalue weighted by molar-refractivity contribution is -0.144. The predicted octanol–water partition coefficient (Wildman–Crippen LogP) is 6.16. The molecule has 2 aromatic rings. The van der Waals surface area contributed by atoms with Crippen molar-refractivity contribution in [2.75, 3.05) is 29.1 Å². The number of esters is 1. The first-order valence-electron chi connectivity index (χ1n) is 9.31. The summed E-state index contributed by atoms with van der Waals surface area (Å²) in [6.45, 7) is 6.87. The van der Waals surface area contributed by atoms with Crippen LogP contribution in [0.4, 0.5) is 11.4 Å². The lowest BCUT2D eigenvalue weighted by Crippen LogP contribution is -2.30. The zero-order valence-electron chi connectivity index (χ0n) is 16.9. The number of rotatable bonds is 9. The third kappa shape index (κ3) is 6.98. The smallest absolute Gasteiger partial charge is 0.316 e. The van der Waals surface area contributed by atoms with Crippen molar-refractivity contribution < 1.29 is 14.3 Å². The Morgan fingerprint density at radius 1 is 1.07 bits per heavy atom. The molecule has 0 spiro atoms. The number of benzene rings is 2. The largest absolute Gasteiger partial charge is 0.455 e. The van der Waals surface area contributed by atoms with Crippen LogP contribution in [0.1, 0.15) is 20.8 Å². The van der Waals surface area contributed by atoms with Gasteiger partial charge in [-0.3, -0.25) is 9.59 Å².